The first-order valence-corrected chi connectivity index (χ1v) is 17.1. The van der Waals surface area contributed by atoms with E-state index in [4.69, 9.17) is 36.7 Å². The van der Waals surface area contributed by atoms with Gasteiger partial charge in [-0.05, 0) is 66.5 Å². The minimum atomic E-state index is -5.08. The summed E-state index contributed by atoms with van der Waals surface area (Å²) in [7, 11) is -3.80. The summed E-state index contributed by atoms with van der Waals surface area (Å²) in [5.41, 5.74) is 14.8. The van der Waals surface area contributed by atoms with E-state index in [9.17, 15) is 34.8 Å². The van der Waals surface area contributed by atoms with E-state index >= 15 is 0 Å². The smallest absolute Gasteiger partial charge is 0.475 e. The molecule has 8 N–H and O–H groups in total. The van der Waals surface area contributed by atoms with Gasteiger partial charge in [-0.1, -0.05) is 38.1 Å². The molecule has 0 amide bonds. The Morgan fingerprint density at radius 1 is 0.980 bits per heavy atom. The highest BCUT2D eigenvalue weighted by Gasteiger charge is 2.39. The van der Waals surface area contributed by atoms with Gasteiger partial charge >= 0.3 is 24.3 Å². The number of nitrogens with one attached hydrogen (secondary N) is 2. The minimum Gasteiger partial charge on any atom is -0.475 e. The van der Waals surface area contributed by atoms with Crippen LogP contribution in [0.4, 0.5) is 32.0 Å². The number of sulfone groups is 1. The molecule has 0 fully saturated rings. The molecule has 49 heavy (non-hydrogen) atoms. The zero-order valence-corrected chi connectivity index (χ0v) is 28.7. The molecule has 0 aliphatic carbocycles. The second-order valence-electron chi connectivity index (χ2n) is 10.1. The molecule has 3 aromatic rings. The highest BCUT2D eigenvalue weighted by atomic mass is 32.2. The van der Waals surface area contributed by atoms with Crippen molar-refractivity contribution in [1.29, 1.82) is 5.41 Å². The third-order valence-electron chi connectivity index (χ3n) is 5.92. The van der Waals surface area contributed by atoms with Crippen molar-refractivity contribution < 1.29 is 54.6 Å². The first-order chi connectivity index (χ1) is 22.4. The maximum absolute atomic E-state index is 13.6. The summed E-state index contributed by atoms with van der Waals surface area (Å²) in [5.74, 6) is -4.72. The number of anilines is 1. The number of carboxylic acids is 2. The molecule has 1 aromatic heterocycles. The molecule has 11 nitrogen and oxygen atoms in total. The number of aliphatic imine (C=N–C) groups is 1. The molecular weight excluding hydrogens is 725 g/mol. The van der Waals surface area contributed by atoms with Crippen molar-refractivity contribution in [2.75, 3.05) is 18.1 Å². The van der Waals surface area contributed by atoms with Crippen molar-refractivity contribution >= 4 is 62.4 Å². The third kappa shape index (κ3) is 13.3. The number of hydrogen-bond acceptors (Lipinski definition) is 8. The summed E-state index contributed by atoms with van der Waals surface area (Å²) in [5, 5.41) is 25.0. The molecule has 0 saturated carbocycles. The monoisotopic (exact) mass is 757 g/mol. The summed E-state index contributed by atoms with van der Waals surface area (Å²) in [6.45, 7) is 6.77. The van der Waals surface area contributed by atoms with E-state index in [1.165, 1.54) is 29.2 Å². The number of amidine groups is 1. The summed E-state index contributed by atoms with van der Waals surface area (Å²) in [6, 6.07) is 14.4. The van der Waals surface area contributed by atoms with Crippen LogP contribution in [0.3, 0.4) is 0 Å². The number of thiophene rings is 1. The number of halogens is 6. The molecule has 0 radical (unpaired) electrons. The Morgan fingerprint density at radius 2 is 1.49 bits per heavy atom. The lowest BCUT2D eigenvalue weighted by molar-refractivity contribution is -0.193. The molecule has 0 spiro atoms. The van der Waals surface area contributed by atoms with E-state index in [1.807, 2.05) is 43.5 Å². The zero-order valence-electron chi connectivity index (χ0n) is 26.2. The number of nitrogens with two attached hydrogens (primary N) is 2. The predicted octanol–water partition coefficient (Wildman–Crippen LogP) is 6.60. The molecule has 1 heterocycles. The van der Waals surface area contributed by atoms with Crippen LogP contribution < -0.4 is 16.8 Å². The normalized spacial score (nSPS) is 11.9. The standard InChI is InChI=1S/C25H31N5O2S3.2C2HF3O2/c1-15(2)12-13-29-25(28)30-18-10-8-17(9-11-18)19-6-5-7-21(16(19)3)35(31,32)22-14-20(23(26)27)34-24(22)33-4;2*3-2(4,5)1(6)7/h5-11,14-15H,12-13H2,1-4H3,(H3,26,27)(H3,28,29,30);2*(H,6,7). The molecule has 0 aliphatic rings. The molecule has 270 valence electrons. The highest BCUT2D eigenvalue weighted by molar-refractivity contribution is 8.01. The summed E-state index contributed by atoms with van der Waals surface area (Å²) >= 11 is 2.55. The number of rotatable bonds is 9. The fourth-order valence-electron chi connectivity index (χ4n) is 3.52. The van der Waals surface area contributed by atoms with Gasteiger partial charge in [0.05, 0.1) is 18.9 Å². The predicted molar refractivity (Wildman–Crippen MR) is 176 cm³/mol. The van der Waals surface area contributed by atoms with Crippen molar-refractivity contribution in [1.82, 2.24) is 0 Å². The van der Waals surface area contributed by atoms with Crippen molar-refractivity contribution in [3.63, 3.8) is 0 Å². The lowest BCUT2D eigenvalue weighted by Crippen LogP contribution is -2.22. The van der Waals surface area contributed by atoms with Crippen molar-refractivity contribution in [3.05, 3.63) is 59.0 Å². The van der Waals surface area contributed by atoms with E-state index in [-0.39, 0.29) is 15.6 Å². The lowest BCUT2D eigenvalue weighted by Gasteiger charge is -2.13. The van der Waals surface area contributed by atoms with E-state index in [2.05, 4.69) is 24.2 Å². The van der Waals surface area contributed by atoms with Gasteiger partial charge in [0.15, 0.2) is 5.96 Å². The highest BCUT2D eigenvalue weighted by Crippen LogP contribution is 2.39. The van der Waals surface area contributed by atoms with Gasteiger partial charge in [0, 0.05) is 12.2 Å². The number of nitrogens with zero attached hydrogens (tertiary/aromatic N) is 1. The zero-order chi connectivity index (χ0) is 37.9. The van der Waals surface area contributed by atoms with Crippen LogP contribution in [0.25, 0.3) is 11.1 Å². The van der Waals surface area contributed by atoms with Gasteiger partial charge < -0.3 is 27.0 Å². The van der Waals surface area contributed by atoms with Gasteiger partial charge in [-0.3, -0.25) is 10.4 Å². The fraction of sp³-hybridized carbons (Fsp3) is 0.310. The maximum Gasteiger partial charge on any atom is 0.490 e. The molecular formula is C29H33F6N5O6S3. The van der Waals surface area contributed by atoms with Crippen LogP contribution in [0.2, 0.25) is 0 Å². The minimum absolute atomic E-state index is 0.142. The quantitative estimate of drug-likeness (QED) is 0.0596. The number of alkyl halides is 6. The Labute approximate surface area is 285 Å². The maximum atomic E-state index is 13.6. The molecule has 0 atom stereocenters. The SMILES string of the molecule is CSc1sc(C(=N)N)cc1S(=O)(=O)c1cccc(-c2ccc(NC(N)=NCCC(C)C)cc2)c1C.O=C(O)C(F)(F)F.O=C(O)C(F)(F)F. The Kier molecular flexibility index (Phi) is 15.6. The molecule has 0 bridgehead atoms. The molecule has 0 saturated heterocycles. The summed E-state index contributed by atoms with van der Waals surface area (Å²) in [4.78, 5) is 23.0. The average molecular weight is 758 g/mol. The van der Waals surface area contributed by atoms with E-state index in [0.29, 0.717) is 33.1 Å². The van der Waals surface area contributed by atoms with Crippen LogP contribution in [0.5, 0.6) is 0 Å². The second-order valence-corrected chi connectivity index (χ2v) is 14.1. The number of aliphatic carboxylic acids is 2. The first kappa shape index (κ1) is 42.7. The second kappa shape index (κ2) is 17.9. The van der Waals surface area contributed by atoms with Gasteiger partial charge in [0.1, 0.15) is 5.84 Å². The number of carbonyl (C=O) groups is 2. The van der Waals surface area contributed by atoms with Crippen LogP contribution in [-0.4, -0.2) is 67.5 Å². The average Bonchev–Trinajstić information content (AvgIpc) is 3.43. The number of nitrogen functional groups attached to an aromatic ring is 1. The molecule has 0 unspecified atom stereocenters. The van der Waals surface area contributed by atoms with Gasteiger partial charge in [-0.25, -0.2) is 18.0 Å². The Hall–Kier alpha value is -4.30. The molecule has 2 aromatic carbocycles. The summed E-state index contributed by atoms with van der Waals surface area (Å²) < 4.78 is 91.3. The van der Waals surface area contributed by atoms with E-state index < -0.39 is 34.1 Å². The molecule has 3 rings (SSSR count). The number of benzene rings is 2. The third-order valence-corrected chi connectivity index (χ3v) is 10.4. The number of guanidine groups is 1. The summed E-state index contributed by atoms with van der Waals surface area (Å²) in [6.07, 6.45) is -7.38. The van der Waals surface area contributed by atoms with E-state index in [0.717, 1.165) is 23.2 Å². The molecule has 20 heteroatoms. The van der Waals surface area contributed by atoms with Crippen LogP contribution in [-0.2, 0) is 19.4 Å². The van der Waals surface area contributed by atoms with Gasteiger partial charge in [-0.2, -0.15) is 26.3 Å². The van der Waals surface area contributed by atoms with Gasteiger partial charge in [0.25, 0.3) is 0 Å². The van der Waals surface area contributed by atoms with Crippen molar-refractivity contribution in [2.24, 2.45) is 22.4 Å². The number of thioether (sulfide) groups is 1. The Morgan fingerprint density at radius 3 is 1.92 bits per heavy atom. The Bertz CT molecular complexity index is 1730. The topological polar surface area (TPSA) is 209 Å². The fourth-order valence-corrected chi connectivity index (χ4v) is 7.64. The van der Waals surface area contributed by atoms with Crippen molar-refractivity contribution in [2.45, 2.75) is 53.5 Å². The van der Waals surface area contributed by atoms with E-state index in [1.54, 1.807) is 12.1 Å². The van der Waals surface area contributed by atoms with Crippen LogP contribution in [0.15, 0.2) is 67.5 Å². The lowest BCUT2D eigenvalue weighted by atomic mass is 10.0. The number of carboxylic acid groups (broad SMARTS) is 2. The Balaban J connectivity index is 0.000000717. The van der Waals surface area contributed by atoms with Crippen LogP contribution in [0.1, 0.15) is 30.7 Å². The van der Waals surface area contributed by atoms with Crippen LogP contribution in [0, 0.1) is 18.3 Å². The number of hydrogen-bond donors (Lipinski definition) is 6. The van der Waals surface area contributed by atoms with Gasteiger partial charge in [0.2, 0.25) is 9.84 Å². The van der Waals surface area contributed by atoms with Crippen molar-refractivity contribution in [3.8, 4) is 11.1 Å². The molecule has 0 aliphatic heterocycles. The van der Waals surface area contributed by atoms with Gasteiger partial charge in [-0.15, -0.1) is 23.1 Å². The first-order valence-electron chi connectivity index (χ1n) is 13.6. The van der Waals surface area contributed by atoms with Crippen LogP contribution >= 0.6 is 23.1 Å². The largest absolute Gasteiger partial charge is 0.490 e.